The first kappa shape index (κ1) is 12.8. The first-order valence-corrected chi connectivity index (χ1v) is 7.92. The van der Waals surface area contributed by atoms with E-state index in [4.69, 9.17) is 10.00 Å². The van der Waals surface area contributed by atoms with Crippen LogP contribution in [0.15, 0.2) is 24.3 Å². The Hall–Kier alpha value is -1.26. The molecule has 0 aromatic heterocycles. The molecule has 3 nitrogen and oxygen atoms in total. The highest BCUT2D eigenvalue weighted by Gasteiger charge is 2.07. The minimum absolute atomic E-state index is 0.268. The van der Waals surface area contributed by atoms with Crippen LogP contribution < -0.4 is 4.74 Å². The lowest BCUT2D eigenvalue weighted by Gasteiger charge is -2.09. The molecule has 1 rings (SSSR count). The van der Waals surface area contributed by atoms with Crippen molar-refractivity contribution in [3.8, 4) is 11.8 Å². The van der Waals surface area contributed by atoms with Gasteiger partial charge in [0.15, 0.2) is 0 Å². The van der Waals surface area contributed by atoms with Gasteiger partial charge >= 0.3 is 0 Å². The van der Waals surface area contributed by atoms with E-state index in [0.29, 0.717) is 6.42 Å². The number of hydrogen-bond donors (Lipinski definition) is 0. The molecule has 0 spiro atoms. The molecule has 16 heavy (non-hydrogen) atoms. The highest BCUT2D eigenvalue weighted by atomic mass is 31.2. The second-order valence-corrected chi connectivity index (χ2v) is 7.56. The van der Waals surface area contributed by atoms with Gasteiger partial charge in [0.2, 0.25) is 0 Å². The second kappa shape index (κ2) is 5.72. The summed E-state index contributed by atoms with van der Waals surface area (Å²) in [6.07, 6.45) is 1.56. The molecular weight excluding hydrogens is 221 g/mol. The summed E-state index contributed by atoms with van der Waals surface area (Å²) in [5.41, 5.74) is 1.12. The lowest BCUT2D eigenvalue weighted by Crippen LogP contribution is -1.97. The van der Waals surface area contributed by atoms with Crippen molar-refractivity contribution in [1.82, 2.24) is 0 Å². The summed E-state index contributed by atoms with van der Waals surface area (Å²) < 4.78 is 16.8. The van der Waals surface area contributed by atoms with Crippen LogP contribution in [0.2, 0.25) is 0 Å². The van der Waals surface area contributed by atoms with Gasteiger partial charge in [-0.05, 0) is 37.4 Å². The molecule has 0 saturated heterocycles. The third-order valence-electron chi connectivity index (χ3n) is 1.99. The quantitative estimate of drug-likeness (QED) is 0.739. The topological polar surface area (TPSA) is 50.1 Å². The van der Waals surface area contributed by atoms with Crippen LogP contribution >= 0.6 is 7.14 Å². The zero-order valence-corrected chi connectivity index (χ0v) is 10.5. The van der Waals surface area contributed by atoms with Crippen molar-refractivity contribution in [2.45, 2.75) is 12.8 Å². The van der Waals surface area contributed by atoms with Gasteiger partial charge in [0.25, 0.3) is 0 Å². The standard InChI is InChI=1S/C12H16NO2P/c1-16(2,14)10-15-12-7-5-11(6-8-12)4-3-9-13/h5-8H,3-4,10H2,1-2H3. The predicted molar refractivity (Wildman–Crippen MR) is 65.3 cm³/mol. The van der Waals surface area contributed by atoms with Gasteiger partial charge in [-0.2, -0.15) is 5.26 Å². The van der Waals surface area contributed by atoms with Crippen LogP contribution in [0.5, 0.6) is 5.75 Å². The fourth-order valence-electron chi connectivity index (χ4n) is 1.18. The molecule has 1 aromatic rings. The van der Waals surface area contributed by atoms with E-state index in [2.05, 4.69) is 6.07 Å². The summed E-state index contributed by atoms with van der Waals surface area (Å²) in [6, 6.07) is 9.67. The lowest BCUT2D eigenvalue weighted by molar-refractivity contribution is 0.378. The third-order valence-corrected chi connectivity index (χ3v) is 2.74. The average Bonchev–Trinajstić information content (AvgIpc) is 2.24. The summed E-state index contributed by atoms with van der Waals surface area (Å²) in [6.45, 7) is 3.41. The van der Waals surface area contributed by atoms with E-state index in [9.17, 15) is 4.57 Å². The van der Waals surface area contributed by atoms with Gasteiger partial charge in [0, 0.05) is 6.42 Å². The fraction of sp³-hybridized carbons (Fsp3) is 0.417. The van der Waals surface area contributed by atoms with Crippen LogP contribution in [-0.2, 0) is 11.0 Å². The van der Waals surface area contributed by atoms with E-state index in [1.54, 1.807) is 13.3 Å². The fourth-order valence-corrected chi connectivity index (χ4v) is 1.64. The van der Waals surface area contributed by atoms with E-state index in [0.717, 1.165) is 17.7 Å². The monoisotopic (exact) mass is 237 g/mol. The lowest BCUT2D eigenvalue weighted by atomic mass is 10.1. The number of rotatable bonds is 5. The van der Waals surface area contributed by atoms with E-state index in [1.165, 1.54) is 0 Å². The zero-order valence-electron chi connectivity index (χ0n) is 9.64. The van der Waals surface area contributed by atoms with Crippen molar-refractivity contribution in [1.29, 1.82) is 5.26 Å². The Morgan fingerprint density at radius 3 is 2.44 bits per heavy atom. The van der Waals surface area contributed by atoms with Crippen LogP contribution in [0.25, 0.3) is 0 Å². The van der Waals surface area contributed by atoms with E-state index in [-0.39, 0.29) is 6.35 Å². The SMILES string of the molecule is CP(C)(=O)COc1ccc(CCC#N)cc1. The molecule has 0 aliphatic carbocycles. The largest absolute Gasteiger partial charge is 0.486 e. The molecule has 0 radical (unpaired) electrons. The van der Waals surface area contributed by atoms with Crippen LogP contribution in [0, 0.1) is 11.3 Å². The van der Waals surface area contributed by atoms with Gasteiger partial charge in [-0.15, -0.1) is 0 Å². The molecule has 0 saturated carbocycles. The zero-order chi connectivity index (χ0) is 12.0. The highest BCUT2D eigenvalue weighted by Crippen LogP contribution is 2.35. The van der Waals surface area contributed by atoms with Crippen molar-refractivity contribution in [3.05, 3.63) is 29.8 Å². The summed E-state index contributed by atoms with van der Waals surface area (Å²) in [5, 5.41) is 8.45. The Balaban J connectivity index is 2.52. The van der Waals surface area contributed by atoms with Crippen LogP contribution in [-0.4, -0.2) is 19.7 Å². The Morgan fingerprint density at radius 1 is 1.31 bits per heavy atom. The maximum Gasteiger partial charge on any atom is 0.140 e. The molecule has 1 aromatic carbocycles. The summed E-state index contributed by atoms with van der Waals surface area (Å²) >= 11 is 0. The smallest absolute Gasteiger partial charge is 0.140 e. The van der Waals surface area contributed by atoms with Crippen LogP contribution in [0.3, 0.4) is 0 Å². The van der Waals surface area contributed by atoms with Crippen molar-refractivity contribution >= 4 is 7.14 Å². The molecule has 4 heteroatoms. The molecular formula is C12H16NO2P. The molecule has 0 N–H and O–H groups in total. The van der Waals surface area contributed by atoms with Crippen LogP contribution in [0.4, 0.5) is 0 Å². The van der Waals surface area contributed by atoms with Crippen molar-refractivity contribution in [2.24, 2.45) is 0 Å². The minimum Gasteiger partial charge on any atom is -0.486 e. The van der Waals surface area contributed by atoms with Gasteiger partial charge < -0.3 is 9.30 Å². The maximum atomic E-state index is 11.4. The number of benzene rings is 1. The predicted octanol–water partition coefficient (Wildman–Crippen LogP) is 3.10. The summed E-state index contributed by atoms with van der Waals surface area (Å²) in [7, 11) is -2.13. The first-order valence-electron chi connectivity index (χ1n) is 5.14. The summed E-state index contributed by atoms with van der Waals surface area (Å²) in [4.78, 5) is 0. The van der Waals surface area contributed by atoms with E-state index < -0.39 is 7.14 Å². The molecule has 0 unspecified atom stereocenters. The molecule has 0 aliphatic rings. The van der Waals surface area contributed by atoms with Crippen molar-refractivity contribution < 1.29 is 9.30 Å². The maximum absolute atomic E-state index is 11.4. The molecule has 86 valence electrons. The Labute approximate surface area is 96.4 Å². The van der Waals surface area contributed by atoms with Crippen LogP contribution in [0.1, 0.15) is 12.0 Å². The molecule has 0 amide bonds. The number of nitrogens with zero attached hydrogens (tertiary/aromatic N) is 1. The Morgan fingerprint density at radius 2 is 1.94 bits per heavy atom. The van der Waals surface area contributed by atoms with Crippen molar-refractivity contribution in [2.75, 3.05) is 19.7 Å². The molecule has 0 fully saturated rings. The van der Waals surface area contributed by atoms with Gasteiger partial charge in [-0.1, -0.05) is 12.1 Å². The normalized spacial score (nSPS) is 10.8. The number of ether oxygens (including phenoxy) is 1. The van der Waals surface area contributed by atoms with E-state index >= 15 is 0 Å². The molecule has 0 heterocycles. The second-order valence-electron chi connectivity index (χ2n) is 4.15. The van der Waals surface area contributed by atoms with Gasteiger partial charge in [0.05, 0.1) is 6.07 Å². The van der Waals surface area contributed by atoms with Gasteiger partial charge in [-0.25, -0.2) is 0 Å². The summed E-state index contributed by atoms with van der Waals surface area (Å²) in [5.74, 6) is 0.727. The number of nitriles is 1. The molecule has 0 aliphatic heterocycles. The van der Waals surface area contributed by atoms with E-state index in [1.807, 2.05) is 24.3 Å². The molecule has 0 atom stereocenters. The highest BCUT2D eigenvalue weighted by molar-refractivity contribution is 7.62. The first-order chi connectivity index (χ1) is 7.51. The average molecular weight is 237 g/mol. The Kier molecular flexibility index (Phi) is 4.58. The Bertz CT molecular complexity index is 414. The minimum atomic E-state index is -2.13. The molecule has 0 bridgehead atoms. The van der Waals surface area contributed by atoms with Crippen molar-refractivity contribution in [3.63, 3.8) is 0 Å². The third kappa shape index (κ3) is 5.00. The van der Waals surface area contributed by atoms with Gasteiger partial charge in [0.1, 0.15) is 19.2 Å². The van der Waals surface area contributed by atoms with Gasteiger partial charge in [-0.3, -0.25) is 0 Å². The number of hydrogen-bond acceptors (Lipinski definition) is 3. The number of aryl methyl sites for hydroxylation is 1.